The summed E-state index contributed by atoms with van der Waals surface area (Å²) in [5, 5.41) is 3.41. The molecule has 0 aliphatic rings. The van der Waals surface area contributed by atoms with Gasteiger partial charge in [-0.2, -0.15) is 8.78 Å². The van der Waals surface area contributed by atoms with Gasteiger partial charge in [0.05, 0.1) is 0 Å². The highest BCUT2D eigenvalue weighted by Crippen LogP contribution is 2.17. The van der Waals surface area contributed by atoms with E-state index in [1.54, 1.807) is 24.3 Å². The highest BCUT2D eigenvalue weighted by Gasteiger charge is 2.06. The third-order valence-corrected chi connectivity index (χ3v) is 3.30. The topological polar surface area (TPSA) is 21.3 Å². The van der Waals surface area contributed by atoms with E-state index in [1.165, 1.54) is 11.1 Å². The second-order valence-electron chi connectivity index (χ2n) is 5.04. The fraction of sp³-hybridized carbons (Fsp3) is 0.294. The number of hydrogen-bond donors (Lipinski definition) is 1. The van der Waals surface area contributed by atoms with Crippen LogP contribution in [0.2, 0.25) is 0 Å². The van der Waals surface area contributed by atoms with E-state index in [0.717, 1.165) is 5.56 Å². The molecule has 21 heavy (non-hydrogen) atoms. The number of nitrogens with one attached hydrogen (secondary N) is 1. The van der Waals surface area contributed by atoms with E-state index in [2.05, 4.69) is 42.1 Å². The van der Waals surface area contributed by atoms with E-state index in [1.807, 2.05) is 6.07 Å². The van der Waals surface area contributed by atoms with Crippen LogP contribution in [0.3, 0.4) is 0 Å². The Kier molecular flexibility index (Phi) is 5.28. The van der Waals surface area contributed by atoms with Crippen molar-refractivity contribution in [2.45, 2.75) is 33.0 Å². The Morgan fingerprint density at radius 1 is 1.10 bits per heavy atom. The lowest BCUT2D eigenvalue weighted by Crippen LogP contribution is -2.18. The van der Waals surface area contributed by atoms with Crippen molar-refractivity contribution in [1.82, 2.24) is 5.32 Å². The number of hydrogen-bond acceptors (Lipinski definition) is 2. The summed E-state index contributed by atoms with van der Waals surface area (Å²) < 4.78 is 28.4. The maximum atomic E-state index is 12.1. The molecule has 0 aliphatic heterocycles. The van der Waals surface area contributed by atoms with Crippen LogP contribution in [-0.2, 0) is 6.54 Å². The van der Waals surface area contributed by atoms with Crippen LogP contribution in [0.25, 0.3) is 0 Å². The van der Waals surface area contributed by atoms with Crippen LogP contribution in [0.15, 0.2) is 48.5 Å². The van der Waals surface area contributed by atoms with Gasteiger partial charge in [-0.25, -0.2) is 0 Å². The summed E-state index contributed by atoms with van der Waals surface area (Å²) >= 11 is 0. The lowest BCUT2D eigenvalue weighted by atomic mass is 10.1. The molecule has 0 unspecified atom stereocenters. The predicted octanol–water partition coefficient (Wildman–Crippen LogP) is 4.45. The van der Waals surface area contributed by atoms with Crippen LogP contribution >= 0.6 is 0 Å². The molecule has 0 aliphatic carbocycles. The Labute approximate surface area is 123 Å². The zero-order valence-corrected chi connectivity index (χ0v) is 12.1. The second kappa shape index (κ2) is 7.18. The summed E-state index contributed by atoms with van der Waals surface area (Å²) in [5.41, 5.74) is 3.48. The first-order valence-corrected chi connectivity index (χ1v) is 6.88. The van der Waals surface area contributed by atoms with Crippen molar-refractivity contribution >= 4 is 0 Å². The van der Waals surface area contributed by atoms with Gasteiger partial charge in [0.1, 0.15) is 5.75 Å². The molecule has 0 fully saturated rings. The summed E-state index contributed by atoms with van der Waals surface area (Å²) in [5.74, 6) is 0.181. The molecule has 0 saturated heterocycles. The summed E-state index contributed by atoms with van der Waals surface area (Å²) in [4.78, 5) is 0. The lowest BCUT2D eigenvalue weighted by Gasteiger charge is -2.15. The van der Waals surface area contributed by atoms with E-state index in [9.17, 15) is 8.78 Å². The van der Waals surface area contributed by atoms with Crippen molar-refractivity contribution in [1.29, 1.82) is 0 Å². The number of halogens is 2. The minimum atomic E-state index is -2.78. The third kappa shape index (κ3) is 4.83. The molecule has 2 nitrogen and oxygen atoms in total. The number of ether oxygens (including phenoxy) is 1. The molecule has 0 spiro atoms. The van der Waals surface area contributed by atoms with E-state index in [0.29, 0.717) is 6.54 Å². The summed E-state index contributed by atoms with van der Waals surface area (Å²) in [6.45, 7) is 2.06. The van der Waals surface area contributed by atoms with Gasteiger partial charge in [0.15, 0.2) is 0 Å². The first kappa shape index (κ1) is 15.4. The van der Waals surface area contributed by atoms with Crippen LogP contribution in [-0.4, -0.2) is 6.61 Å². The molecule has 2 aromatic carbocycles. The first-order valence-electron chi connectivity index (χ1n) is 6.88. The molecule has 0 bridgehead atoms. The maximum absolute atomic E-state index is 12.1. The Balaban J connectivity index is 1.90. The molecule has 4 heteroatoms. The number of benzene rings is 2. The van der Waals surface area contributed by atoms with Gasteiger partial charge < -0.3 is 10.1 Å². The van der Waals surface area contributed by atoms with Crippen LogP contribution in [0.4, 0.5) is 8.78 Å². The van der Waals surface area contributed by atoms with E-state index in [4.69, 9.17) is 0 Å². The largest absolute Gasteiger partial charge is 0.435 e. The molecule has 2 rings (SSSR count). The Bertz CT molecular complexity index is 569. The van der Waals surface area contributed by atoms with Crippen molar-refractivity contribution in [2.75, 3.05) is 0 Å². The third-order valence-electron chi connectivity index (χ3n) is 3.30. The fourth-order valence-corrected chi connectivity index (χ4v) is 2.12. The van der Waals surface area contributed by atoms with Gasteiger partial charge in [-0.15, -0.1) is 0 Å². The van der Waals surface area contributed by atoms with Crippen molar-refractivity contribution in [2.24, 2.45) is 0 Å². The predicted molar refractivity (Wildman–Crippen MR) is 79.5 cm³/mol. The number of alkyl halides is 2. The fourth-order valence-electron chi connectivity index (χ4n) is 2.12. The molecule has 1 N–H and O–H groups in total. The van der Waals surface area contributed by atoms with Gasteiger partial charge in [0, 0.05) is 12.6 Å². The molecule has 112 valence electrons. The maximum Gasteiger partial charge on any atom is 0.387 e. The molecule has 2 aromatic rings. The summed E-state index contributed by atoms with van der Waals surface area (Å²) in [7, 11) is 0. The first-order chi connectivity index (χ1) is 10.0. The number of rotatable bonds is 6. The van der Waals surface area contributed by atoms with E-state index < -0.39 is 6.61 Å². The average Bonchev–Trinajstić information content (AvgIpc) is 2.45. The SMILES string of the molecule is Cc1cccc([C@@H](C)NCc2ccc(OC(F)F)cc2)c1. The van der Waals surface area contributed by atoms with Crippen LogP contribution in [0.5, 0.6) is 5.75 Å². The molecule has 0 saturated carbocycles. The number of aryl methyl sites for hydroxylation is 1. The zero-order valence-electron chi connectivity index (χ0n) is 12.1. The monoisotopic (exact) mass is 291 g/mol. The highest BCUT2D eigenvalue weighted by molar-refractivity contribution is 5.28. The normalized spacial score (nSPS) is 12.4. The molecule has 0 amide bonds. The molecular weight excluding hydrogens is 272 g/mol. The minimum Gasteiger partial charge on any atom is -0.435 e. The zero-order chi connectivity index (χ0) is 15.2. The Morgan fingerprint density at radius 3 is 2.43 bits per heavy atom. The average molecular weight is 291 g/mol. The summed E-state index contributed by atoms with van der Waals surface area (Å²) in [6.07, 6.45) is 0. The molecule has 1 atom stereocenters. The van der Waals surface area contributed by atoms with Crippen LogP contribution in [0.1, 0.15) is 29.7 Å². The second-order valence-corrected chi connectivity index (χ2v) is 5.04. The van der Waals surface area contributed by atoms with Gasteiger partial charge >= 0.3 is 6.61 Å². The van der Waals surface area contributed by atoms with Gasteiger partial charge in [-0.3, -0.25) is 0 Å². The lowest BCUT2D eigenvalue weighted by molar-refractivity contribution is -0.0498. The minimum absolute atomic E-state index is 0.181. The van der Waals surface area contributed by atoms with Crippen LogP contribution in [0, 0.1) is 6.92 Å². The van der Waals surface area contributed by atoms with Gasteiger partial charge in [-0.1, -0.05) is 42.0 Å². The molecule has 0 heterocycles. The smallest absolute Gasteiger partial charge is 0.387 e. The van der Waals surface area contributed by atoms with Crippen molar-refractivity contribution in [3.8, 4) is 5.75 Å². The Morgan fingerprint density at radius 2 is 1.81 bits per heavy atom. The van der Waals surface area contributed by atoms with Crippen molar-refractivity contribution in [3.63, 3.8) is 0 Å². The molecular formula is C17H19F2NO. The van der Waals surface area contributed by atoms with Crippen molar-refractivity contribution in [3.05, 3.63) is 65.2 Å². The quantitative estimate of drug-likeness (QED) is 0.849. The van der Waals surface area contributed by atoms with Gasteiger partial charge in [-0.05, 0) is 37.1 Å². The van der Waals surface area contributed by atoms with E-state index >= 15 is 0 Å². The van der Waals surface area contributed by atoms with E-state index in [-0.39, 0.29) is 11.8 Å². The van der Waals surface area contributed by atoms with Gasteiger partial charge in [0.25, 0.3) is 0 Å². The molecule has 0 radical (unpaired) electrons. The summed E-state index contributed by atoms with van der Waals surface area (Å²) in [6, 6.07) is 15.3. The van der Waals surface area contributed by atoms with Gasteiger partial charge in [0.2, 0.25) is 0 Å². The van der Waals surface area contributed by atoms with Crippen LogP contribution < -0.4 is 10.1 Å². The highest BCUT2D eigenvalue weighted by atomic mass is 19.3. The standard InChI is InChI=1S/C17H19F2NO/c1-12-4-3-5-15(10-12)13(2)20-11-14-6-8-16(9-7-14)21-17(18)19/h3-10,13,17,20H,11H2,1-2H3/t13-/m1/s1. The van der Waals surface area contributed by atoms with Crippen molar-refractivity contribution < 1.29 is 13.5 Å². The molecule has 0 aromatic heterocycles. The Hall–Kier alpha value is -1.94.